The maximum atomic E-state index is 12.0. The molecule has 25 heavy (non-hydrogen) atoms. The Kier molecular flexibility index (Phi) is 5.09. The molecular formula is C21H19NO3. The van der Waals surface area contributed by atoms with Crippen molar-refractivity contribution in [3.8, 4) is 0 Å². The monoisotopic (exact) mass is 333 g/mol. The molecule has 126 valence electrons. The molecule has 0 aliphatic carbocycles. The van der Waals surface area contributed by atoms with Crippen LogP contribution in [0.5, 0.6) is 0 Å². The number of fused-ring (bicyclic) bond motifs is 1. The van der Waals surface area contributed by atoms with E-state index in [-0.39, 0.29) is 18.9 Å². The summed E-state index contributed by atoms with van der Waals surface area (Å²) in [6.07, 6.45) is 0.156. The van der Waals surface area contributed by atoms with Crippen molar-refractivity contribution in [3.05, 3.63) is 77.9 Å². The van der Waals surface area contributed by atoms with Crippen molar-refractivity contribution in [2.75, 3.05) is 11.9 Å². The fourth-order valence-corrected chi connectivity index (χ4v) is 2.53. The molecule has 4 heteroatoms. The van der Waals surface area contributed by atoms with E-state index in [0.29, 0.717) is 5.69 Å². The zero-order valence-electron chi connectivity index (χ0n) is 14.0. The van der Waals surface area contributed by atoms with Gasteiger partial charge in [-0.1, -0.05) is 60.2 Å². The molecule has 0 fully saturated rings. The number of carbonyl (C=O) groups excluding carboxylic acids is 2. The van der Waals surface area contributed by atoms with Gasteiger partial charge in [-0.3, -0.25) is 9.59 Å². The molecule has 1 N–H and O–H groups in total. The van der Waals surface area contributed by atoms with Gasteiger partial charge in [-0.25, -0.2) is 0 Å². The van der Waals surface area contributed by atoms with E-state index in [1.54, 1.807) is 0 Å². The highest BCUT2D eigenvalue weighted by Gasteiger charge is 2.09. The first kappa shape index (κ1) is 16.7. The van der Waals surface area contributed by atoms with E-state index in [1.165, 1.54) is 0 Å². The van der Waals surface area contributed by atoms with E-state index < -0.39 is 5.97 Å². The van der Waals surface area contributed by atoms with Gasteiger partial charge in [0.1, 0.15) is 0 Å². The highest BCUT2D eigenvalue weighted by molar-refractivity contribution is 5.95. The molecule has 0 saturated heterocycles. The van der Waals surface area contributed by atoms with Crippen molar-refractivity contribution in [1.29, 1.82) is 0 Å². The summed E-state index contributed by atoms with van der Waals surface area (Å²) in [6.45, 7) is 1.69. The number of carbonyl (C=O) groups is 2. The van der Waals surface area contributed by atoms with Gasteiger partial charge < -0.3 is 10.1 Å². The first-order chi connectivity index (χ1) is 12.1. The van der Waals surface area contributed by atoms with Crippen molar-refractivity contribution in [3.63, 3.8) is 0 Å². The van der Waals surface area contributed by atoms with Crippen LogP contribution in [-0.2, 0) is 20.7 Å². The third kappa shape index (κ3) is 4.67. The summed E-state index contributed by atoms with van der Waals surface area (Å²) in [5, 5.41) is 4.89. The summed E-state index contributed by atoms with van der Waals surface area (Å²) in [5.41, 5.74) is 2.68. The fourth-order valence-electron chi connectivity index (χ4n) is 2.53. The molecule has 0 aliphatic heterocycles. The van der Waals surface area contributed by atoms with Crippen LogP contribution in [0.15, 0.2) is 66.7 Å². The van der Waals surface area contributed by atoms with Crippen LogP contribution in [0, 0.1) is 6.92 Å². The topological polar surface area (TPSA) is 55.4 Å². The van der Waals surface area contributed by atoms with Crippen LogP contribution < -0.4 is 5.32 Å². The van der Waals surface area contributed by atoms with Gasteiger partial charge in [-0.05, 0) is 35.4 Å². The Hall–Kier alpha value is -3.14. The lowest BCUT2D eigenvalue weighted by molar-refractivity contribution is -0.146. The molecule has 1 amide bonds. The Bertz CT molecular complexity index is 900. The van der Waals surface area contributed by atoms with Gasteiger partial charge in [0.25, 0.3) is 5.91 Å². The number of aryl methyl sites for hydroxylation is 1. The maximum absolute atomic E-state index is 12.0. The standard InChI is InChI=1S/C21H19NO3/c1-15-6-8-16(9-7-15)12-21(24)25-14-20(23)22-19-11-10-17-4-2-3-5-18(17)13-19/h2-11,13H,12,14H2,1H3,(H,22,23). The van der Waals surface area contributed by atoms with Gasteiger partial charge in [-0.15, -0.1) is 0 Å². The van der Waals surface area contributed by atoms with E-state index in [9.17, 15) is 9.59 Å². The lowest BCUT2D eigenvalue weighted by Gasteiger charge is -2.08. The second kappa shape index (κ2) is 7.62. The summed E-state index contributed by atoms with van der Waals surface area (Å²) in [7, 11) is 0. The smallest absolute Gasteiger partial charge is 0.310 e. The molecule has 0 aromatic heterocycles. The summed E-state index contributed by atoms with van der Waals surface area (Å²) >= 11 is 0. The molecule has 0 spiro atoms. The fraction of sp³-hybridized carbons (Fsp3) is 0.143. The number of anilines is 1. The second-order valence-corrected chi connectivity index (χ2v) is 5.93. The minimum Gasteiger partial charge on any atom is -0.455 e. The molecule has 0 radical (unpaired) electrons. The number of hydrogen-bond acceptors (Lipinski definition) is 3. The SMILES string of the molecule is Cc1ccc(CC(=O)OCC(=O)Nc2ccc3ccccc3c2)cc1. The molecule has 0 bridgehead atoms. The van der Waals surface area contributed by atoms with E-state index in [2.05, 4.69) is 5.32 Å². The molecule has 0 aliphatic rings. The van der Waals surface area contributed by atoms with Crippen LogP contribution in [0.1, 0.15) is 11.1 Å². The van der Waals surface area contributed by atoms with Crippen molar-refractivity contribution in [2.24, 2.45) is 0 Å². The average molecular weight is 333 g/mol. The number of esters is 1. The third-order valence-corrected chi connectivity index (χ3v) is 3.87. The van der Waals surface area contributed by atoms with Gasteiger partial charge in [0.15, 0.2) is 6.61 Å². The van der Waals surface area contributed by atoms with E-state index >= 15 is 0 Å². The zero-order chi connectivity index (χ0) is 17.6. The van der Waals surface area contributed by atoms with Crippen LogP contribution in [0.3, 0.4) is 0 Å². The number of nitrogens with one attached hydrogen (secondary N) is 1. The molecule has 3 aromatic carbocycles. The minimum absolute atomic E-state index is 0.156. The molecule has 0 heterocycles. The lowest BCUT2D eigenvalue weighted by Crippen LogP contribution is -2.21. The van der Waals surface area contributed by atoms with Gasteiger partial charge in [0.2, 0.25) is 0 Å². The summed E-state index contributed by atoms with van der Waals surface area (Å²) in [4.78, 5) is 23.8. The number of hydrogen-bond donors (Lipinski definition) is 1. The molecule has 0 saturated carbocycles. The maximum Gasteiger partial charge on any atom is 0.310 e. The zero-order valence-corrected chi connectivity index (χ0v) is 14.0. The molecule has 3 aromatic rings. The third-order valence-electron chi connectivity index (χ3n) is 3.87. The average Bonchev–Trinajstić information content (AvgIpc) is 2.62. The molecule has 0 atom stereocenters. The Balaban J connectivity index is 1.51. The predicted octanol–water partition coefficient (Wildman–Crippen LogP) is 3.87. The number of rotatable bonds is 5. The van der Waals surface area contributed by atoms with Crippen LogP contribution >= 0.6 is 0 Å². The first-order valence-electron chi connectivity index (χ1n) is 8.10. The highest BCUT2D eigenvalue weighted by Crippen LogP contribution is 2.18. The van der Waals surface area contributed by atoms with Crippen molar-refractivity contribution in [2.45, 2.75) is 13.3 Å². The summed E-state index contributed by atoms with van der Waals surface area (Å²) < 4.78 is 5.05. The van der Waals surface area contributed by atoms with E-state index in [1.807, 2.05) is 73.7 Å². The Labute approximate surface area is 146 Å². The normalized spacial score (nSPS) is 10.4. The quantitative estimate of drug-likeness (QED) is 0.721. The molecule has 3 rings (SSSR count). The second-order valence-electron chi connectivity index (χ2n) is 5.93. The molecular weight excluding hydrogens is 314 g/mol. The number of benzene rings is 3. The van der Waals surface area contributed by atoms with Crippen molar-refractivity contribution < 1.29 is 14.3 Å². The summed E-state index contributed by atoms with van der Waals surface area (Å²) in [6, 6.07) is 21.2. The Morgan fingerprint density at radius 1 is 0.920 bits per heavy atom. The van der Waals surface area contributed by atoms with E-state index in [0.717, 1.165) is 21.9 Å². The Morgan fingerprint density at radius 3 is 2.40 bits per heavy atom. The van der Waals surface area contributed by atoms with Gasteiger partial charge in [0.05, 0.1) is 6.42 Å². The molecule has 0 unspecified atom stereocenters. The van der Waals surface area contributed by atoms with Crippen LogP contribution in [0.25, 0.3) is 10.8 Å². The highest BCUT2D eigenvalue weighted by atomic mass is 16.5. The Morgan fingerprint density at radius 2 is 1.64 bits per heavy atom. The lowest BCUT2D eigenvalue weighted by atomic mass is 10.1. The first-order valence-corrected chi connectivity index (χ1v) is 8.10. The van der Waals surface area contributed by atoms with E-state index in [4.69, 9.17) is 4.74 Å². The van der Waals surface area contributed by atoms with Crippen LogP contribution in [0.2, 0.25) is 0 Å². The van der Waals surface area contributed by atoms with Crippen LogP contribution in [-0.4, -0.2) is 18.5 Å². The predicted molar refractivity (Wildman–Crippen MR) is 98.4 cm³/mol. The van der Waals surface area contributed by atoms with Gasteiger partial charge in [0, 0.05) is 5.69 Å². The number of amides is 1. The van der Waals surface area contributed by atoms with Gasteiger partial charge in [-0.2, -0.15) is 0 Å². The van der Waals surface area contributed by atoms with Crippen molar-refractivity contribution >= 4 is 28.3 Å². The minimum atomic E-state index is -0.419. The largest absolute Gasteiger partial charge is 0.455 e. The number of ether oxygens (including phenoxy) is 1. The van der Waals surface area contributed by atoms with Crippen LogP contribution in [0.4, 0.5) is 5.69 Å². The summed E-state index contributed by atoms with van der Waals surface area (Å²) in [5.74, 6) is -0.773. The molecule has 4 nitrogen and oxygen atoms in total. The van der Waals surface area contributed by atoms with Gasteiger partial charge >= 0.3 is 5.97 Å². The van der Waals surface area contributed by atoms with Crippen molar-refractivity contribution in [1.82, 2.24) is 0 Å².